The Labute approximate surface area is 160 Å². The highest BCUT2D eigenvalue weighted by molar-refractivity contribution is 9.10. The monoisotopic (exact) mass is 422 g/mol. The lowest BCUT2D eigenvalue weighted by Crippen LogP contribution is -2.36. The van der Waals surface area contributed by atoms with Gasteiger partial charge in [0.2, 0.25) is 0 Å². The van der Waals surface area contributed by atoms with Gasteiger partial charge in [-0.25, -0.2) is 9.78 Å². The number of imidazole rings is 1. The summed E-state index contributed by atoms with van der Waals surface area (Å²) in [4.78, 5) is 30.5. The van der Waals surface area contributed by atoms with Crippen LogP contribution in [0.15, 0.2) is 29.0 Å². The molecule has 1 fully saturated rings. The van der Waals surface area contributed by atoms with Crippen LogP contribution in [0.3, 0.4) is 0 Å². The van der Waals surface area contributed by atoms with Gasteiger partial charge >= 0.3 is 6.09 Å². The highest BCUT2D eigenvalue weighted by Crippen LogP contribution is 2.19. The molecule has 0 radical (unpaired) electrons. The first kappa shape index (κ1) is 18.7. The van der Waals surface area contributed by atoms with Gasteiger partial charge in [-0.3, -0.25) is 4.79 Å². The van der Waals surface area contributed by atoms with Crippen molar-refractivity contribution in [2.45, 2.75) is 32.8 Å². The van der Waals surface area contributed by atoms with E-state index in [1.54, 1.807) is 15.5 Å². The second-order valence-electron chi connectivity index (χ2n) is 7.53. The topological polar surface area (TPSA) is 75.9 Å². The van der Waals surface area contributed by atoms with E-state index in [2.05, 4.69) is 26.2 Å². The zero-order chi connectivity index (χ0) is 18.9. The van der Waals surface area contributed by atoms with Crippen molar-refractivity contribution in [3.05, 3.63) is 34.7 Å². The molecule has 0 aliphatic carbocycles. The molecule has 3 rings (SSSR count). The molecule has 1 aliphatic rings. The van der Waals surface area contributed by atoms with Crippen LogP contribution in [0.4, 0.5) is 4.79 Å². The van der Waals surface area contributed by atoms with Crippen molar-refractivity contribution in [1.82, 2.24) is 19.6 Å². The van der Waals surface area contributed by atoms with Gasteiger partial charge < -0.3 is 19.4 Å². The van der Waals surface area contributed by atoms with Gasteiger partial charge in [-0.1, -0.05) is 0 Å². The number of nitrogens with zero attached hydrogens (tertiary/aromatic N) is 3. The van der Waals surface area contributed by atoms with Gasteiger partial charge in [-0.15, -0.1) is 0 Å². The number of fused-ring (bicyclic) bond motifs is 1. The lowest BCUT2D eigenvalue weighted by molar-refractivity contribution is 0.0288. The van der Waals surface area contributed by atoms with E-state index < -0.39 is 5.60 Å². The number of carbonyl (C=O) groups is 2. The number of aromatic nitrogens is 2. The van der Waals surface area contributed by atoms with E-state index in [0.29, 0.717) is 25.3 Å². The number of ether oxygens (including phenoxy) is 1. The Morgan fingerprint density at radius 2 is 2.12 bits per heavy atom. The van der Waals surface area contributed by atoms with Crippen molar-refractivity contribution >= 4 is 33.6 Å². The zero-order valence-electron chi connectivity index (χ0n) is 15.2. The average Bonchev–Trinajstić information content (AvgIpc) is 3.17. The quantitative estimate of drug-likeness (QED) is 0.824. The Kier molecular flexibility index (Phi) is 5.22. The second-order valence-corrected chi connectivity index (χ2v) is 8.45. The predicted octanol–water partition coefficient (Wildman–Crippen LogP) is 3.08. The zero-order valence-corrected chi connectivity index (χ0v) is 16.7. The molecule has 0 bridgehead atoms. The van der Waals surface area contributed by atoms with E-state index in [1.807, 2.05) is 39.1 Å². The number of pyridine rings is 1. The molecule has 140 valence electrons. The van der Waals surface area contributed by atoms with Crippen LogP contribution in [0.5, 0.6) is 0 Å². The predicted molar refractivity (Wildman–Crippen MR) is 101 cm³/mol. The maximum atomic E-state index is 12.4. The minimum absolute atomic E-state index is 0.208. The van der Waals surface area contributed by atoms with Crippen molar-refractivity contribution in [2.24, 2.45) is 5.92 Å². The van der Waals surface area contributed by atoms with Gasteiger partial charge in [0.1, 0.15) is 16.9 Å². The summed E-state index contributed by atoms with van der Waals surface area (Å²) in [5.74, 6) is 0.0122. The fraction of sp³-hybridized carbons (Fsp3) is 0.500. The summed E-state index contributed by atoms with van der Waals surface area (Å²) < 4.78 is 8.11. The van der Waals surface area contributed by atoms with Gasteiger partial charge in [0.05, 0.1) is 0 Å². The minimum atomic E-state index is -0.499. The summed E-state index contributed by atoms with van der Waals surface area (Å²) in [6, 6.07) is 3.73. The Bertz CT molecular complexity index is 827. The summed E-state index contributed by atoms with van der Waals surface area (Å²) in [7, 11) is 0. The molecule has 2 aromatic heterocycles. The van der Waals surface area contributed by atoms with E-state index in [0.717, 1.165) is 16.5 Å². The second kappa shape index (κ2) is 7.26. The molecule has 0 saturated carbocycles. The third-order valence-corrected chi connectivity index (χ3v) is 4.61. The van der Waals surface area contributed by atoms with Crippen LogP contribution >= 0.6 is 15.9 Å². The summed E-state index contributed by atoms with van der Waals surface area (Å²) in [5.41, 5.74) is 0.599. The number of halogens is 1. The molecule has 1 N–H and O–H groups in total. The molecule has 2 aromatic rings. The van der Waals surface area contributed by atoms with Crippen molar-refractivity contribution in [1.29, 1.82) is 0 Å². The SMILES string of the molecule is CC(C)(C)OC(=O)N1CCC(CNC(=O)c2cn3cc(Br)ccc3n2)C1. The Balaban J connectivity index is 1.52. The average molecular weight is 423 g/mol. The summed E-state index contributed by atoms with van der Waals surface area (Å²) in [6.07, 6.45) is 4.11. The Hall–Kier alpha value is -2.09. The fourth-order valence-corrected chi connectivity index (χ4v) is 3.25. The molecule has 1 unspecified atom stereocenters. The maximum absolute atomic E-state index is 12.4. The van der Waals surface area contributed by atoms with Crippen molar-refractivity contribution in [3.63, 3.8) is 0 Å². The summed E-state index contributed by atoms with van der Waals surface area (Å²) in [5, 5.41) is 2.92. The van der Waals surface area contributed by atoms with Crippen LogP contribution in [0.25, 0.3) is 5.65 Å². The molecule has 3 heterocycles. The number of likely N-dealkylation sites (tertiary alicyclic amines) is 1. The van der Waals surface area contributed by atoms with Crippen LogP contribution in [0.1, 0.15) is 37.7 Å². The molecule has 0 spiro atoms. The van der Waals surface area contributed by atoms with Crippen molar-refractivity contribution in [3.8, 4) is 0 Å². The molecular formula is C18H23BrN4O3. The van der Waals surface area contributed by atoms with Crippen molar-refractivity contribution in [2.75, 3.05) is 19.6 Å². The number of carbonyl (C=O) groups excluding carboxylic acids is 2. The summed E-state index contributed by atoms with van der Waals surface area (Å²) in [6.45, 7) is 7.31. The van der Waals surface area contributed by atoms with E-state index >= 15 is 0 Å². The third-order valence-electron chi connectivity index (χ3n) is 4.14. The molecule has 1 atom stereocenters. The lowest BCUT2D eigenvalue weighted by Gasteiger charge is -2.24. The standard InChI is InChI=1S/C18H23BrN4O3/c1-18(2,3)26-17(25)22-7-6-12(9-22)8-20-16(24)14-11-23-10-13(19)4-5-15(23)21-14/h4-5,10-12H,6-9H2,1-3H3,(H,20,24). The maximum Gasteiger partial charge on any atom is 0.410 e. The normalized spacial score (nSPS) is 17.5. The molecule has 1 aliphatic heterocycles. The number of nitrogens with one attached hydrogen (secondary N) is 1. The van der Waals surface area contributed by atoms with Gasteiger partial charge in [-0.05, 0) is 61.2 Å². The lowest BCUT2D eigenvalue weighted by atomic mass is 10.1. The van der Waals surface area contributed by atoms with Crippen LogP contribution in [-0.4, -0.2) is 51.5 Å². The first-order chi connectivity index (χ1) is 12.2. The smallest absolute Gasteiger partial charge is 0.410 e. The minimum Gasteiger partial charge on any atom is -0.444 e. The van der Waals surface area contributed by atoms with Gasteiger partial charge in [0.15, 0.2) is 0 Å². The first-order valence-corrected chi connectivity index (χ1v) is 9.41. The number of hydrogen-bond acceptors (Lipinski definition) is 4. The molecule has 0 aromatic carbocycles. The van der Waals surface area contributed by atoms with E-state index in [4.69, 9.17) is 4.74 Å². The largest absolute Gasteiger partial charge is 0.444 e. The van der Waals surface area contributed by atoms with Crippen LogP contribution < -0.4 is 5.32 Å². The van der Waals surface area contributed by atoms with Gasteiger partial charge in [0, 0.05) is 36.5 Å². The first-order valence-electron chi connectivity index (χ1n) is 8.62. The van der Waals surface area contributed by atoms with E-state index in [9.17, 15) is 9.59 Å². The van der Waals surface area contributed by atoms with Gasteiger partial charge in [-0.2, -0.15) is 0 Å². The van der Waals surface area contributed by atoms with Crippen molar-refractivity contribution < 1.29 is 14.3 Å². The van der Waals surface area contributed by atoms with E-state index in [-0.39, 0.29) is 17.9 Å². The van der Waals surface area contributed by atoms with Gasteiger partial charge in [0.25, 0.3) is 5.91 Å². The molecular weight excluding hydrogens is 400 g/mol. The molecule has 7 nitrogen and oxygen atoms in total. The molecule has 26 heavy (non-hydrogen) atoms. The Morgan fingerprint density at radius 3 is 2.85 bits per heavy atom. The molecule has 8 heteroatoms. The molecule has 1 saturated heterocycles. The van der Waals surface area contributed by atoms with Crippen LogP contribution in [-0.2, 0) is 4.74 Å². The highest BCUT2D eigenvalue weighted by Gasteiger charge is 2.30. The number of hydrogen-bond donors (Lipinski definition) is 1. The van der Waals surface area contributed by atoms with Crippen LogP contribution in [0, 0.1) is 5.92 Å². The molecule has 2 amide bonds. The fourth-order valence-electron chi connectivity index (χ4n) is 2.89. The summed E-state index contributed by atoms with van der Waals surface area (Å²) >= 11 is 3.40. The van der Waals surface area contributed by atoms with Crippen LogP contribution in [0.2, 0.25) is 0 Å². The number of amides is 2. The Morgan fingerprint density at radius 1 is 1.35 bits per heavy atom. The third kappa shape index (κ3) is 4.55. The highest BCUT2D eigenvalue weighted by atomic mass is 79.9. The van der Waals surface area contributed by atoms with E-state index in [1.165, 1.54) is 0 Å². The number of rotatable bonds is 3.